The Hall–Kier alpha value is -2.79. The molecule has 3 aromatic heterocycles. The van der Waals surface area contributed by atoms with Gasteiger partial charge in [-0.25, -0.2) is 9.97 Å². The number of anilines is 1. The van der Waals surface area contributed by atoms with Crippen LogP contribution in [-0.4, -0.2) is 50.7 Å². The van der Waals surface area contributed by atoms with Gasteiger partial charge in [0.1, 0.15) is 12.4 Å². The van der Waals surface area contributed by atoms with Gasteiger partial charge in [-0.05, 0) is 6.07 Å². The minimum absolute atomic E-state index is 0.495. The van der Waals surface area contributed by atoms with Gasteiger partial charge in [0.15, 0.2) is 11.5 Å². The Kier molecular flexibility index (Phi) is 2.65. The molecule has 21 heavy (non-hydrogen) atoms. The van der Waals surface area contributed by atoms with E-state index in [0.717, 1.165) is 37.5 Å². The number of hydrogen-bond donors (Lipinski definition) is 1. The number of hydrogen-bond acceptors (Lipinski definition) is 7. The minimum atomic E-state index is 0.495. The molecule has 1 aliphatic heterocycles. The average molecular weight is 280 g/mol. The summed E-state index contributed by atoms with van der Waals surface area (Å²) in [4.78, 5) is 11.1. The van der Waals surface area contributed by atoms with Crippen molar-refractivity contribution in [2.45, 2.75) is 0 Å². The second-order valence-electron chi connectivity index (χ2n) is 4.88. The van der Waals surface area contributed by atoms with Crippen molar-refractivity contribution in [1.82, 2.24) is 29.9 Å². The summed E-state index contributed by atoms with van der Waals surface area (Å²) in [7, 11) is 0. The molecule has 4 rings (SSSR count). The van der Waals surface area contributed by atoms with Gasteiger partial charge in [-0.3, -0.25) is 4.40 Å². The van der Waals surface area contributed by atoms with E-state index < -0.39 is 0 Å². The zero-order chi connectivity index (χ0) is 14.2. The van der Waals surface area contributed by atoms with E-state index in [1.54, 1.807) is 12.4 Å². The van der Waals surface area contributed by atoms with Crippen molar-refractivity contribution >= 4 is 22.6 Å². The third kappa shape index (κ3) is 1.86. The van der Waals surface area contributed by atoms with Crippen LogP contribution in [0.15, 0.2) is 18.6 Å². The standard InChI is InChI=1S/C13H12N8/c14-6-9-5-10-11(16-7-9)18-12(13-19-17-8-21(10)13)20-3-1-15-2-4-20/h5,7-8,15H,1-4H2. The van der Waals surface area contributed by atoms with Gasteiger partial charge in [-0.2, -0.15) is 5.26 Å². The molecule has 104 valence electrons. The van der Waals surface area contributed by atoms with Crippen LogP contribution in [-0.2, 0) is 0 Å². The number of aromatic nitrogens is 5. The summed E-state index contributed by atoms with van der Waals surface area (Å²) in [5.41, 5.74) is 2.53. The van der Waals surface area contributed by atoms with E-state index in [2.05, 4.69) is 36.5 Å². The van der Waals surface area contributed by atoms with E-state index in [1.165, 1.54) is 6.20 Å². The molecule has 3 aromatic rings. The van der Waals surface area contributed by atoms with Gasteiger partial charge in [0, 0.05) is 32.4 Å². The maximum Gasteiger partial charge on any atom is 0.204 e. The van der Waals surface area contributed by atoms with E-state index in [-0.39, 0.29) is 0 Å². The van der Waals surface area contributed by atoms with Crippen molar-refractivity contribution in [3.63, 3.8) is 0 Å². The summed E-state index contributed by atoms with van der Waals surface area (Å²) in [6, 6.07) is 3.85. The van der Waals surface area contributed by atoms with Crippen molar-refractivity contribution < 1.29 is 0 Å². The molecule has 1 N–H and O–H groups in total. The van der Waals surface area contributed by atoms with E-state index in [0.29, 0.717) is 16.9 Å². The first-order chi connectivity index (χ1) is 10.4. The molecule has 4 heterocycles. The quantitative estimate of drug-likeness (QED) is 0.668. The fourth-order valence-corrected chi connectivity index (χ4v) is 2.57. The molecule has 0 radical (unpaired) electrons. The van der Waals surface area contributed by atoms with Crippen molar-refractivity contribution in [2.24, 2.45) is 0 Å². The number of piperazine rings is 1. The normalized spacial score (nSPS) is 15.5. The highest BCUT2D eigenvalue weighted by Gasteiger charge is 2.19. The van der Waals surface area contributed by atoms with Gasteiger partial charge < -0.3 is 10.2 Å². The number of nitriles is 1. The van der Waals surface area contributed by atoms with Crippen LogP contribution in [0.25, 0.3) is 16.8 Å². The summed E-state index contributed by atoms with van der Waals surface area (Å²) in [5, 5.41) is 20.5. The molecule has 8 heteroatoms. The lowest BCUT2D eigenvalue weighted by Gasteiger charge is -2.28. The van der Waals surface area contributed by atoms with Crippen molar-refractivity contribution in [2.75, 3.05) is 31.1 Å². The first-order valence-electron chi connectivity index (χ1n) is 6.72. The molecule has 1 fully saturated rings. The molecule has 0 amide bonds. The molecule has 0 spiro atoms. The van der Waals surface area contributed by atoms with Gasteiger partial charge in [-0.15, -0.1) is 10.2 Å². The van der Waals surface area contributed by atoms with Crippen molar-refractivity contribution in [3.05, 3.63) is 24.2 Å². The Balaban J connectivity index is 1.98. The van der Waals surface area contributed by atoms with Crippen molar-refractivity contribution in [1.29, 1.82) is 5.26 Å². The molecule has 0 aliphatic carbocycles. The third-order valence-electron chi connectivity index (χ3n) is 3.61. The number of nitrogens with zero attached hydrogens (tertiary/aromatic N) is 7. The Labute approximate surface area is 120 Å². The van der Waals surface area contributed by atoms with Crippen LogP contribution >= 0.6 is 0 Å². The van der Waals surface area contributed by atoms with Crippen LogP contribution in [0.2, 0.25) is 0 Å². The molecule has 0 atom stereocenters. The Bertz CT molecular complexity index is 856. The SMILES string of the molecule is N#Cc1cnc2nc(N3CCNCC3)c3nncn3c2c1. The molecular weight excluding hydrogens is 268 g/mol. The highest BCUT2D eigenvalue weighted by molar-refractivity contribution is 5.81. The lowest BCUT2D eigenvalue weighted by molar-refractivity contribution is 0.586. The lowest BCUT2D eigenvalue weighted by atomic mass is 10.3. The Morgan fingerprint density at radius 1 is 1.29 bits per heavy atom. The smallest absolute Gasteiger partial charge is 0.204 e. The molecule has 1 saturated heterocycles. The van der Waals surface area contributed by atoms with Gasteiger partial charge in [-0.1, -0.05) is 0 Å². The highest BCUT2D eigenvalue weighted by atomic mass is 15.3. The molecule has 0 aromatic carbocycles. The Morgan fingerprint density at radius 3 is 2.95 bits per heavy atom. The van der Waals surface area contributed by atoms with Crippen LogP contribution in [0, 0.1) is 11.3 Å². The van der Waals surface area contributed by atoms with Crippen LogP contribution in [0.5, 0.6) is 0 Å². The number of pyridine rings is 1. The molecule has 0 unspecified atom stereocenters. The summed E-state index contributed by atoms with van der Waals surface area (Å²) in [5.74, 6) is 0.790. The fraction of sp³-hybridized carbons (Fsp3) is 0.308. The molecule has 1 aliphatic rings. The molecule has 0 saturated carbocycles. The zero-order valence-electron chi connectivity index (χ0n) is 11.2. The van der Waals surface area contributed by atoms with E-state index in [9.17, 15) is 0 Å². The second kappa shape index (κ2) is 4.64. The summed E-state index contributed by atoms with van der Waals surface area (Å²) in [6.45, 7) is 3.58. The fourth-order valence-electron chi connectivity index (χ4n) is 2.57. The number of rotatable bonds is 1. The number of nitrogens with one attached hydrogen (secondary N) is 1. The van der Waals surface area contributed by atoms with Gasteiger partial charge >= 0.3 is 0 Å². The summed E-state index contributed by atoms with van der Waals surface area (Å²) >= 11 is 0. The minimum Gasteiger partial charge on any atom is -0.351 e. The Morgan fingerprint density at radius 2 is 2.14 bits per heavy atom. The largest absolute Gasteiger partial charge is 0.351 e. The van der Waals surface area contributed by atoms with Gasteiger partial charge in [0.25, 0.3) is 0 Å². The highest BCUT2D eigenvalue weighted by Crippen LogP contribution is 2.22. The first-order valence-corrected chi connectivity index (χ1v) is 6.72. The maximum atomic E-state index is 9.01. The van der Waals surface area contributed by atoms with E-state index in [4.69, 9.17) is 5.26 Å². The molecular formula is C13H12N8. The average Bonchev–Trinajstić information content (AvgIpc) is 3.04. The number of fused-ring (bicyclic) bond motifs is 3. The predicted octanol–water partition coefficient (Wildman–Crippen LogP) is -0.0462. The van der Waals surface area contributed by atoms with Crippen LogP contribution in [0.1, 0.15) is 5.56 Å². The first kappa shape index (κ1) is 12.0. The predicted molar refractivity (Wildman–Crippen MR) is 75.9 cm³/mol. The second-order valence-corrected chi connectivity index (χ2v) is 4.88. The lowest BCUT2D eigenvalue weighted by Crippen LogP contribution is -2.44. The van der Waals surface area contributed by atoms with Crippen LogP contribution in [0.4, 0.5) is 5.82 Å². The van der Waals surface area contributed by atoms with Gasteiger partial charge in [0.2, 0.25) is 5.65 Å². The maximum absolute atomic E-state index is 9.01. The van der Waals surface area contributed by atoms with Gasteiger partial charge in [0.05, 0.1) is 11.1 Å². The van der Waals surface area contributed by atoms with Crippen LogP contribution in [0.3, 0.4) is 0 Å². The van der Waals surface area contributed by atoms with Crippen molar-refractivity contribution in [3.8, 4) is 6.07 Å². The van der Waals surface area contributed by atoms with E-state index in [1.807, 2.05) is 4.40 Å². The summed E-state index contributed by atoms with van der Waals surface area (Å²) < 4.78 is 1.84. The van der Waals surface area contributed by atoms with Crippen LogP contribution < -0.4 is 10.2 Å². The summed E-state index contributed by atoms with van der Waals surface area (Å²) in [6.07, 6.45) is 3.17. The molecule has 8 nitrogen and oxygen atoms in total. The monoisotopic (exact) mass is 280 g/mol. The third-order valence-corrected chi connectivity index (χ3v) is 3.61. The molecule has 0 bridgehead atoms. The topological polar surface area (TPSA) is 95.0 Å². The van der Waals surface area contributed by atoms with E-state index >= 15 is 0 Å². The zero-order valence-corrected chi connectivity index (χ0v) is 11.2.